The van der Waals surface area contributed by atoms with Crippen molar-refractivity contribution in [2.75, 3.05) is 12.4 Å². The van der Waals surface area contributed by atoms with E-state index >= 15 is 0 Å². The zero-order valence-electron chi connectivity index (χ0n) is 14.7. The third-order valence-electron chi connectivity index (χ3n) is 3.69. The first-order chi connectivity index (χ1) is 12.6. The fraction of sp³-hybridized carbons (Fsp3) is 0.222. The first-order valence-electron chi connectivity index (χ1n) is 8.04. The molecule has 3 aromatic rings. The molecule has 0 saturated heterocycles. The van der Waals surface area contributed by atoms with Crippen molar-refractivity contribution in [3.63, 3.8) is 0 Å². The predicted octanol–water partition coefficient (Wildman–Crippen LogP) is 3.10. The number of nitrogens with zero attached hydrogens (tertiary/aromatic N) is 4. The number of aryl methyl sites for hydroxylation is 1. The second-order valence-electron chi connectivity index (χ2n) is 5.69. The van der Waals surface area contributed by atoms with Crippen LogP contribution in [0.2, 0.25) is 0 Å². The van der Waals surface area contributed by atoms with E-state index in [0.717, 1.165) is 22.7 Å². The molecule has 0 spiro atoms. The summed E-state index contributed by atoms with van der Waals surface area (Å²) in [5.41, 5.74) is 2.66. The largest absolute Gasteiger partial charge is 0.497 e. The molecule has 0 aliphatic rings. The number of amides is 1. The first-order valence-corrected chi connectivity index (χ1v) is 8.92. The molecule has 7 nitrogen and oxygen atoms in total. The molecule has 0 saturated carbocycles. The Balaban J connectivity index is 1.70. The number of thioether (sulfide) groups is 1. The number of tetrazole rings is 1. The molecule has 26 heavy (non-hydrogen) atoms. The second kappa shape index (κ2) is 8.01. The van der Waals surface area contributed by atoms with Crippen molar-refractivity contribution >= 4 is 23.4 Å². The van der Waals surface area contributed by atoms with Crippen LogP contribution in [0.3, 0.4) is 0 Å². The highest BCUT2D eigenvalue weighted by molar-refractivity contribution is 8.00. The van der Waals surface area contributed by atoms with Crippen LogP contribution in [0.5, 0.6) is 5.75 Å². The average molecular weight is 369 g/mol. The first kappa shape index (κ1) is 17.9. The number of nitrogens with one attached hydrogen (secondary N) is 1. The fourth-order valence-electron chi connectivity index (χ4n) is 2.32. The fourth-order valence-corrected chi connectivity index (χ4v) is 3.12. The maximum Gasteiger partial charge on any atom is 0.237 e. The summed E-state index contributed by atoms with van der Waals surface area (Å²) in [6.45, 7) is 3.81. The zero-order valence-corrected chi connectivity index (χ0v) is 15.5. The van der Waals surface area contributed by atoms with Crippen LogP contribution < -0.4 is 10.1 Å². The molecule has 1 heterocycles. The van der Waals surface area contributed by atoms with E-state index < -0.39 is 0 Å². The molecule has 0 aliphatic carbocycles. The zero-order chi connectivity index (χ0) is 18.5. The van der Waals surface area contributed by atoms with Gasteiger partial charge in [-0.2, -0.15) is 4.68 Å². The van der Waals surface area contributed by atoms with Crippen molar-refractivity contribution in [1.82, 2.24) is 20.2 Å². The molecule has 0 radical (unpaired) electrons. The molecule has 1 N–H and O–H groups in total. The molecule has 2 aromatic carbocycles. The number of ether oxygens (including phenoxy) is 1. The summed E-state index contributed by atoms with van der Waals surface area (Å²) in [5.74, 6) is 0.645. The van der Waals surface area contributed by atoms with E-state index in [1.807, 2.05) is 62.4 Å². The van der Waals surface area contributed by atoms with Crippen LogP contribution in [0.1, 0.15) is 12.5 Å². The van der Waals surface area contributed by atoms with Crippen molar-refractivity contribution in [2.24, 2.45) is 0 Å². The van der Waals surface area contributed by atoms with Gasteiger partial charge in [-0.25, -0.2) is 0 Å². The van der Waals surface area contributed by atoms with E-state index in [1.165, 1.54) is 11.8 Å². The number of rotatable bonds is 6. The van der Waals surface area contributed by atoms with Crippen molar-refractivity contribution in [3.05, 3.63) is 54.1 Å². The monoisotopic (exact) mass is 369 g/mol. The van der Waals surface area contributed by atoms with Gasteiger partial charge in [-0.05, 0) is 66.2 Å². The molecule has 8 heteroatoms. The number of hydrogen-bond donors (Lipinski definition) is 1. The molecule has 1 aromatic heterocycles. The molecule has 1 atom stereocenters. The topological polar surface area (TPSA) is 81.9 Å². The SMILES string of the molecule is COc1ccc(-n2nnnc2S[C@H](C)C(=O)Nc2cccc(C)c2)cc1. The van der Waals surface area contributed by atoms with Crippen LogP contribution >= 0.6 is 11.8 Å². The summed E-state index contributed by atoms with van der Waals surface area (Å²) in [7, 11) is 1.61. The summed E-state index contributed by atoms with van der Waals surface area (Å²) in [6, 6.07) is 15.1. The number of methoxy groups -OCH3 is 1. The lowest BCUT2D eigenvalue weighted by Gasteiger charge is -2.12. The Kier molecular flexibility index (Phi) is 5.52. The number of aromatic nitrogens is 4. The van der Waals surface area contributed by atoms with Crippen LogP contribution in [-0.4, -0.2) is 38.5 Å². The third kappa shape index (κ3) is 4.20. The summed E-state index contributed by atoms with van der Waals surface area (Å²) in [5, 5.41) is 14.9. The van der Waals surface area contributed by atoms with Gasteiger partial charge in [0.05, 0.1) is 18.0 Å². The minimum atomic E-state index is -0.362. The average Bonchev–Trinajstić information content (AvgIpc) is 3.10. The molecule has 0 fully saturated rings. The standard InChI is InChI=1S/C18H19N5O2S/c1-12-5-4-6-14(11-12)19-17(24)13(2)26-18-20-21-22-23(18)15-7-9-16(25-3)10-8-15/h4-11,13H,1-3H3,(H,19,24)/t13-/m1/s1. The van der Waals surface area contributed by atoms with Crippen LogP contribution in [-0.2, 0) is 4.79 Å². The Morgan fingerprint density at radius 2 is 2.00 bits per heavy atom. The molecular formula is C18H19N5O2S. The van der Waals surface area contributed by atoms with Gasteiger partial charge in [-0.15, -0.1) is 5.10 Å². The van der Waals surface area contributed by atoms with Crippen LogP contribution in [0.15, 0.2) is 53.7 Å². The molecular weight excluding hydrogens is 350 g/mol. The number of carbonyl (C=O) groups is 1. The van der Waals surface area contributed by atoms with Crippen LogP contribution in [0, 0.1) is 6.92 Å². The smallest absolute Gasteiger partial charge is 0.237 e. The Morgan fingerprint density at radius 3 is 2.69 bits per heavy atom. The van der Waals surface area contributed by atoms with E-state index in [4.69, 9.17) is 4.74 Å². The van der Waals surface area contributed by atoms with Crippen molar-refractivity contribution in [1.29, 1.82) is 0 Å². The second-order valence-corrected chi connectivity index (χ2v) is 7.00. The summed E-state index contributed by atoms with van der Waals surface area (Å²) < 4.78 is 6.76. The van der Waals surface area contributed by atoms with E-state index in [2.05, 4.69) is 20.8 Å². The van der Waals surface area contributed by atoms with Crippen LogP contribution in [0.4, 0.5) is 5.69 Å². The van der Waals surface area contributed by atoms with Crippen molar-refractivity contribution < 1.29 is 9.53 Å². The lowest BCUT2D eigenvalue weighted by molar-refractivity contribution is -0.115. The highest BCUT2D eigenvalue weighted by Gasteiger charge is 2.19. The Labute approximate surface area is 155 Å². The summed E-state index contributed by atoms with van der Waals surface area (Å²) in [6.07, 6.45) is 0. The third-order valence-corrected chi connectivity index (χ3v) is 4.73. The maximum absolute atomic E-state index is 12.5. The molecule has 134 valence electrons. The summed E-state index contributed by atoms with van der Waals surface area (Å²) >= 11 is 1.30. The molecule has 1 amide bonds. The molecule has 0 unspecified atom stereocenters. The lowest BCUT2D eigenvalue weighted by Crippen LogP contribution is -2.23. The molecule has 0 aliphatic heterocycles. The lowest BCUT2D eigenvalue weighted by atomic mass is 10.2. The normalized spacial score (nSPS) is 11.8. The van der Waals surface area contributed by atoms with Crippen LogP contribution in [0.25, 0.3) is 5.69 Å². The van der Waals surface area contributed by atoms with E-state index in [9.17, 15) is 4.79 Å². The van der Waals surface area contributed by atoms with Gasteiger partial charge in [0.15, 0.2) is 0 Å². The van der Waals surface area contributed by atoms with Gasteiger partial charge in [0, 0.05) is 5.69 Å². The quantitative estimate of drug-likeness (QED) is 0.673. The van der Waals surface area contributed by atoms with E-state index in [0.29, 0.717) is 5.16 Å². The van der Waals surface area contributed by atoms with Crippen molar-refractivity contribution in [3.8, 4) is 11.4 Å². The number of anilines is 1. The number of benzene rings is 2. The van der Waals surface area contributed by atoms with Gasteiger partial charge in [0.25, 0.3) is 0 Å². The van der Waals surface area contributed by atoms with Gasteiger partial charge in [0.2, 0.25) is 11.1 Å². The molecule has 3 rings (SSSR count). The minimum Gasteiger partial charge on any atom is -0.497 e. The minimum absolute atomic E-state index is 0.107. The number of carbonyl (C=O) groups excluding carboxylic acids is 1. The maximum atomic E-state index is 12.5. The van der Waals surface area contributed by atoms with Gasteiger partial charge < -0.3 is 10.1 Å². The Morgan fingerprint density at radius 1 is 1.23 bits per heavy atom. The van der Waals surface area contributed by atoms with E-state index in [-0.39, 0.29) is 11.2 Å². The Bertz CT molecular complexity index is 895. The van der Waals surface area contributed by atoms with Gasteiger partial charge in [0.1, 0.15) is 5.75 Å². The predicted molar refractivity (Wildman–Crippen MR) is 101 cm³/mol. The number of hydrogen-bond acceptors (Lipinski definition) is 6. The van der Waals surface area contributed by atoms with Gasteiger partial charge >= 0.3 is 0 Å². The van der Waals surface area contributed by atoms with Gasteiger partial charge in [-0.3, -0.25) is 4.79 Å². The summed E-state index contributed by atoms with van der Waals surface area (Å²) in [4.78, 5) is 12.5. The molecule has 0 bridgehead atoms. The van der Waals surface area contributed by atoms with E-state index in [1.54, 1.807) is 11.8 Å². The Hall–Kier alpha value is -2.87. The highest BCUT2D eigenvalue weighted by Crippen LogP contribution is 2.25. The highest BCUT2D eigenvalue weighted by atomic mass is 32.2. The van der Waals surface area contributed by atoms with Gasteiger partial charge in [-0.1, -0.05) is 23.9 Å². The van der Waals surface area contributed by atoms with Crippen molar-refractivity contribution in [2.45, 2.75) is 24.3 Å².